The van der Waals surface area contributed by atoms with Crippen LogP contribution in [-0.4, -0.2) is 46.4 Å². The molecule has 0 N–H and O–H groups in total. The van der Waals surface area contributed by atoms with Crippen LogP contribution in [-0.2, 0) is 20.7 Å². The van der Waals surface area contributed by atoms with Gasteiger partial charge in [-0.15, -0.1) is 0 Å². The van der Waals surface area contributed by atoms with E-state index in [1.807, 2.05) is 11.0 Å². The summed E-state index contributed by atoms with van der Waals surface area (Å²) in [6.45, 7) is 1.66. The lowest BCUT2D eigenvalue weighted by atomic mass is 9.94. The second-order valence-corrected chi connectivity index (χ2v) is 12.5. The molecular formula is C28H34F2I2N4O2. The molecule has 2 aliphatic heterocycles. The van der Waals surface area contributed by atoms with Crippen LogP contribution in [0.3, 0.4) is 0 Å². The highest BCUT2D eigenvalue weighted by molar-refractivity contribution is 14.1. The Kier molecular flexibility index (Phi) is 9.39. The lowest BCUT2D eigenvalue weighted by Gasteiger charge is -2.28. The Labute approximate surface area is 251 Å². The predicted octanol–water partition coefficient (Wildman–Crippen LogP) is 7.15. The number of hydrogen-bond donors (Lipinski definition) is 0. The van der Waals surface area contributed by atoms with Crippen LogP contribution >= 0.6 is 45.9 Å². The summed E-state index contributed by atoms with van der Waals surface area (Å²) in [7, 11) is 0. The van der Waals surface area contributed by atoms with Crippen molar-refractivity contribution in [1.82, 2.24) is 14.9 Å². The molecule has 2 aromatic rings. The molecule has 2 atom stereocenters. The minimum Gasteiger partial charge on any atom is -0.393 e. The molecule has 1 saturated carbocycles. The third-order valence-electron chi connectivity index (χ3n) is 8.17. The molecule has 0 bridgehead atoms. The average Bonchev–Trinajstić information content (AvgIpc) is 3.65. The lowest BCUT2D eigenvalue weighted by Crippen LogP contribution is -2.36. The molecule has 0 spiro atoms. The quantitative estimate of drug-likeness (QED) is 0.138. The standard InChI is InChI=1S/C28H34F2I2N4O2/c29-28(30,13-3-1-2-6-22-10-9-20-5-4-15-36(31)26(20)34-22)21-12-16-35(18-21)25(27(37)38-32)24-17-33-14-11-23(24)19-7-8-19/h9-11,14,17,19,21,25H,1-8,12-13,15-16,18H2/t21-,25-/m1/s1. The minimum atomic E-state index is -2.76. The number of carbonyl (C=O) groups is 1. The summed E-state index contributed by atoms with van der Waals surface area (Å²) in [5.41, 5.74) is 4.24. The summed E-state index contributed by atoms with van der Waals surface area (Å²) < 4.78 is 37.8. The van der Waals surface area contributed by atoms with E-state index in [9.17, 15) is 4.79 Å². The summed E-state index contributed by atoms with van der Waals surface area (Å²) in [5.74, 6) is -2.44. The van der Waals surface area contributed by atoms with Gasteiger partial charge in [-0.05, 0) is 87.1 Å². The number of halogens is 4. The zero-order valence-corrected chi connectivity index (χ0v) is 25.7. The topological polar surface area (TPSA) is 58.6 Å². The number of alkyl halides is 2. The van der Waals surface area contributed by atoms with Gasteiger partial charge in [0, 0.05) is 49.1 Å². The molecule has 3 aliphatic rings. The number of anilines is 1. The number of pyridine rings is 2. The van der Waals surface area contributed by atoms with Crippen molar-refractivity contribution in [3.05, 3.63) is 53.0 Å². The first-order chi connectivity index (χ1) is 18.4. The van der Waals surface area contributed by atoms with Crippen LogP contribution in [0, 0.1) is 5.92 Å². The number of hydrogen-bond acceptors (Lipinski definition) is 6. The molecule has 2 fully saturated rings. The van der Waals surface area contributed by atoms with Crippen LogP contribution in [0.2, 0.25) is 0 Å². The number of rotatable bonds is 11. The molecule has 38 heavy (non-hydrogen) atoms. The van der Waals surface area contributed by atoms with Gasteiger partial charge < -0.3 is 3.07 Å². The van der Waals surface area contributed by atoms with Gasteiger partial charge in [0.25, 0.3) is 5.92 Å². The Morgan fingerprint density at radius 3 is 2.79 bits per heavy atom. The van der Waals surface area contributed by atoms with Gasteiger partial charge in [-0.1, -0.05) is 12.5 Å². The fourth-order valence-corrected chi connectivity index (χ4v) is 6.92. The van der Waals surface area contributed by atoms with Crippen molar-refractivity contribution >= 4 is 57.7 Å². The molecule has 1 saturated heterocycles. The molecule has 5 rings (SSSR count). The van der Waals surface area contributed by atoms with Gasteiger partial charge in [-0.3, -0.25) is 13.0 Å². The first-order valence-corrected chi connectivity index (χ1v) is 15.5. The predicted molar refractivity (Wildman–Crippen MR) is 160 cm³/mol. The van der Waals surface area contributed by atoms with Crippen molar-refractivity contribution in [2.75, 3.05) is 22.7 Å². The number of fused-ring (bicyclic) bond motifs is 1. The maximum Gasteiger partial charge on any atom is 0.337 e. The van der Waals surface area contributed by atoms with Gasteiger partial charge in [-0.25, -0.2) is 18.6 Å². The largest absolute Gasteiger partial charge is 0.393 e. The maximum absolute atomic E-state index is 15.3. The lowest BCUT2D eigenvalue weighted by molar-refractivity contribution is -0.137. The van der Waals surface area contributed by atoms with E-state index in [1.165, 1.54) is 5.56 Å². The third kappa shape index (κ3) is 6.59. The van der Waals surface area contributed by atoms with Gasteiger partial charge in [0.1, 0.15) is 11.9 Å². The van der Waals surface area contributed by atoms with Crippen molar-refractivity contribution in [2.45, 2.75) is 82.1 Å². The Morgan fingerprint density at radius 2 is 2.00 bits per heavy atom. The summed E-state index contributed by atoms with van der Waals surface area (Å²) in [6, 6.07) is 5.53. The zero-order valence-electron chi connectivity index (χ0n) is 21.4. The molecule has 0 aromatic carbocycles. The molecule has 10 heteroatoms. The minimum absolute atomic E-state index is 0.119. The van der Waals surface area contributed by atoms with Crippen molar-refractivity contribution in [2.24, 2.45) is 5.92 Å². The van der Waals surface area contributed by atoms with Gasteiger partial charge in [0.2, 0.25) is 0 Å². The average molecular weight is 750 g/mol. The second kappa shape index (κ2) is 12.6. The number of aromatic nitrogens is 2. The monoisotopic (exact) mass is 750 g/mol. The van der Waals surface area contributed by atoms with E-state index in [1.54, 1.807) is 35.4 Å². The SMILES string of the molecule is O=C(OI)[C@@H](c1cnccc1C1CC1)N1CC[C@@H](C(F)(F)CCCCCc2ccc3c(n2)N(I)CCC3)C1. The van der Waals surface area contributed by atoms with Crippen LogP contribution in [0.25, 0.3) is 0 Å². The van der Waals surface area contributed by atoms with Gasteiger partial charge in [0.15, 0.2) is 23.0 Å². The Bertz CT molecular complexity index is 1130. The molecule has 0 amide bonds. The smallest absolute Gasteiger partial charge is 0.337 e. The molecule has 0 radical (unpaired) electrons. The normalized spacial score (nSPS) is 20.8. The molecular weight excluding hydrogens is 716 g/mol. The Morgan fingerprint density at radius 1 is 1.16 bits per heavy atom. The van der Waals surface area contributed by atoms with E-state index in [4.69, 9.17) is 8.05 Å². The molecule has 4 heterocycles. The van der Waals surface area contributed by atoms with E-state index in [0.29, 0.717) is 25.3 Å². The van der Waals surface area contributed by atoms with Crippen LogP contribution in [0.1, 0.15) is 85.7 Å². The van der Waals surface area contributed by atoms with Gasteiger partial charge >= 0.3 is 5.97 Å². The summed E-state index contributed by atoms with van der Waals surface area (Å²) in [6.07, 6.45) is 11.0. The van der Waals surface area contributed by atoms with Crippen LogP contribution in [0.5, 0.6) is 0 Å². The Balaban J connectivity index is 1.13. The maximum atomic E-state index is 15.3. The molecule has 6 nitrogen and oxygen atoms in total. The number of nitrogens with zero attached hydrogens (tertiary/aromatic N) is 4. The van der Waals surface area contributed by atoms with Crippen molar-refractivity contribution in [1.29, 1.82) is 0 Å². The highest BCUT2D eigenvalue weighted by Gasteiger charge is 2.46. The van der Waals surface area contributed by atoms with Crippen LogP contribution in [0.4, 0.5) is 14.6 Å². The van der Waals surface area contributed by atoms with Crippen molar-refractivity contribution in [3.8, 4) is 0 Å². The van der Waals surface area contributed by atoms with Gasteiger partial charge in [0.05, 0.1) is 22.9 Å². The van der Waals surface area contributed by atoms with Crippen LogP contribution in [0.15, 0.2) is 30.6 Å². The fourth-order valence-electron chi connectivity index (χ4n) is 5.92. The number of unbranched alkanes of at least 4 members (excludes halogenated alkanes) is 2. The Hall–Kier alpha value is -1.15. The first-order valence-electron chi connectivity index (χ1n) is 13.7. The van der Waals surface area contributed by atoms with E-state index in [2.05, 4.69) is 43.1 Å². The molecule has 0 unspecified atom stereocenters. The molecule has 206 valence electrons. The highest BCUT2D eigenvalue weighted by Crippen LogP contribution is 2.45. The summed E-state index contributed by atoms with van der Waals surface area (Å²) >= 11 is 3.92. The van der Waals surface area contributed by atoms with E-state index in [-0.39, 0.29) is 13.0 Å². The zero-order chi connectivity index (χ0) is 26.7. The van der Waals surface area contributed by atoms with Crippen molar-refractivity contribution in [3.63, 3.8) is 0 Å². The van der Waals surface area contributed by atoms with Gasteiger partial charge in [-0.2, -0.15) is 0 Å². The number of likely N-dealkylation sites (tertiary alicyclic amines) is 1. The molecule has 2 aromatic heterocycles. The van der Waals surface area contributed by atoms with E-state index in [0.717, 1.165) is 74.1 Å². The van der Waals surface area contributed by atoms with Crippen molar-refractivity contribution < 1.29 is 16.6 Å². The summed E-state index contributed by atoms with van der Waals surface area (Å²) in [5, 5.41) is 0. The number of aryl methyl sites for hydroxylation is 2. The fraction of sp³-hybridized carbons (Fsp3) is 0.607. The second-order valence-electron chi connectivity index (χ2n) is 10.9. The molecule has 1 aliphatic carbocycles. The van der Waals surface area contributed by atoms with E-state index < -0.39 is 23.9 Å². The third-order valence-corrected chi connectivity index (χ3v) is 9.54. The highest BCUT2D eigenvalue weighted by atomic mass is 127. The van der Waals surface area contributed by atoms with E-state index >= 15 is 8.78 Å². The first kappa shape index (κ1) is 28.4. The number of carbonyl (C=O) groups excluding carboxylic acids is 1. The summed E-state index contributed by atoms with van der Waals surface area (Å²) in [4.78, 5) is 23.8. The van der Waals surface area contributed by atoms with Crippen LogP contribution < -0.4 is 3.11 Å².